The predicted octanol–water partition coefficient (Wildman–Crippen LogP) is 2.45. The van der Waals surface area contributed by atoms with Crippen LogP contribution in [0, 0.1) is 5.41 Å². The molecule has 94 valence electrons. The van der Waals surface area contributed by atoms with Crippen LogP contribution in [-0.2, 0) is 9.53 Å². The normalized spacial score (nSPS) is 24.3. The van der Waals surface area contributed by atoms with Crippen molar-refractivity contribution >= 4 is 5.91 Å². The van der Waals surface area contributed by atoms with Gasteiger partial charge >= 0.3 is 0 Å². The molecule has 1 fully saturated rings. The molecular weight excluding hydrogens is 202 g/mol. The van der Waals surface area contributed by atoms with Crippen molar-refractivity contribution in [2.24, 2.45) is 5.41 Å². The van der Waals surface area contributed by atoms with Gasteiger partial charge in [-0.1, -0.05) is 20.8 Å². The maximum atomic E-state index is 12.3. The van der Waals surface area contributed by atoms with E-state index in [0.717, 1.165) is 0 Å². The number of hydrogen-bond donors (Lipinski definition) is 0. The molecule has 0 aromatic heterocycles. The topological polar surface area (TPSA) is 29.5 Å². The molecule has 0 bridgehead atoms. The highest BCUT2D eigenvalue weighted by atomic mass is 16.5. The number of ether oxygens (including phenoxy) is 1. The summed E-state index contributed by atoms with van der Waals surface area (Å²) in [6, 6.07) is 0. The molecule has 0 saturated carbocycles. The maximum Gasteiger partial charge on any atom is 0.228 e. The molecule has 0 aromatic carbocycles. The average Bonchev–Trinajstić information content (AvgIpc) is 1.94. The van der Waals surface area contributed by atoms with Gasteiger partial charge in [-0.2, -0.15) is 0 Å². The van der Waals surface area contributed by atoms with Crippen molar-refractivity contribution in [3.63, 3.8) is 0 Å². The number of hydrogen-bond acceptors (Lipinski definition) is 2. The number of nitrogens with zero attached hydrogens (tertiary/aromatic N) is 1. The lowest BCUT2D eigenvalue weighted by Crippen LogP contribution is -2.60. The van der Waals surface area contributed by atoms with Crippen LogP contribution in [0.3, 0.4) is 0 Å². The van der Waals surface area contributed by atoms with Crippen molar-refractivity contribution in [3.05, 3.63) is 0 Å². The van der Waals surface area contributed by atoms with Gasteiger partial charge < -0.3 is 9.64 Å². The second-order valence-electron chi connectivity index (χ2n) is 7.03. The van der Waals surface area contributed by atoms with Crippen LogP contribution in [0.15, 0.2) is 0 Å². The van der Waals surface area contributed by atoms with Gasteiger partial charge in [-0.3, -0.25) is 4.79 Å². The Morgan fingerprint density at radius 1 is 1.06 bits per heavy atom. The predicted molar refractivity (Wildman–Crippen MR) is 65.3 cm³/mol. The van der Waals surface area contributed by atoms with E-state index in [1.54, 1.807) is 0 Å². The first-order valence-electron chi connectivity index (χ1n) is 5.93. The molecule has 0 N–H and O–H groups in total. The number of carbonyl (C=O) groups excluding carboxylic acids is 1. The minimum atomic E-state index is -0.316. The number of rotatable bonds is 0. The molecule has 1 saturated heterocycles. The summed E-state index contributed by atoms with van der Waals surface area (Å²) in [6.07, 6.45) is 0. The Bertz CT molecular complexity index is 271. The highest BCUT2D eigenvalue weighted by Crippen LogP contribution is 2.30. The van der Waals surface area contributed by atoms with Crippen LogP contribution in [0.2, 0.25) is 0 Å². The van der Waals surface area contributed by atoms with Gasteiger partial charge in [0.2, 0.25) is 5.91 Å². The van der Waals surface area contributed by atoms with Crippen molar-refractivity contribution in [1.82, 2.24) is 4.90 Å². The van der Waals surface area contributed by atoms with Gasteiger partial charge in [-0.25, -0.2) is 0 Å². The molecule has 0 aliphatic carbocycles. The molecule has 3 heteroatoms. The second-order valence-corrected chi connectivity index (χ2v) is 7.03. The minimum absolute atomic E-state index is 0.206. The maximum absolute atomic E-state index is 12.3. The Morgan fingerprint density at radius 2 is 1.44 bits per heavy atom. The van der Waals surface area contributed by atoms with Crippen LogP contribution >= 0.6 is 0 Å². The van der Waals surface area contributed by atoms with Crippen LogP contribution in [0.25, 0.3) is 0 Å². The number of carbonyl (C=O) groups is 1. The molecule has 0 atom stereocenters. The molecule has 1 aliphatic rings. The summed E-state index contributed by atoms with van der Waals surface area (Å²) in [6.45, 7) is 15.4. The van der Waals surface area contributed by atoms with Crippen molar-refractivity contribution in [2.45, 2.75) is 59.7 Å². The lowest BCUT2D eigenvalue weighted by atomic mass is 9.91. The fraction of sp³-hybridized carbons (Fsp3) is 0.923. The Hall–Kier alpha value is -0.570. The summed E-state index contributed by atoms with van der Waals surface area (Å²) < 4.78 is 5.96. The summed E-state index contributed by atoms with van der Waals surface area (Å²) in [7, 11) is 0. The van der Waals surface area contributed by atoms with Gasteiger partial charge in [0.25, 0.3) is 0 Å². The van der Waals surface area contributed by atoms with E-state index in [2.05, 4.69) is 0 Å². The molecule has 0 aromatic rings. The number of morpholine rings is 1. The molecule has 0 spiro atoms. The SMILES string of the molecule is CC1(C)CN(C(=O)C(C)(C)C)CC(C)(C)O1. The summed E-state index contributed by atoms with van der Waals surface area (Å²) in [5.74, 6) is 0.206. The van der Waals surface area contributed by atoms with Crippen LogP contribution < -0.4 is 0 Å². The summed E-state index contributed by atoms with van der Waals surface area (Å²) >= 11 is 0. The largest absolute Gasteiger partial charge is 0.366 e. The zero-order valence-electron chi connectivity index (χ0n) is 11.7. The summed E-state index contributed by atoms with van der Waals surface area (Å²) in [5.41, 5.74) is -0.838. The molecule has 1 heterocycles. The fourth-order valence-corrected chi connectivity index (χ4v) is 2.41. The van der Waals surface area contributed by atoms with Gasteiger partial charge in [0.05, 0.1) is 11.2 Å². The van der Waals surface area contributed by atoms with E-state index >= 15 is 0 Å². The third-order valence-electron chi connectivity index (χ3n) is 2.62. The first kappa shape index (κ1) is 13.5. The molecule has 16 heavy (non-hydrogen) atoms. The van der Waals surface area contributed by atoms with Crippen molar-refractivity contribution < 1.29 is 9.53 Å². The zero-order chi connectivity index (χ0) is 12.8. The smallest absolute Gasteiger partial charge is 0.228 e. The Morgan fingerprint density at radius 3 is 1.75 bits per heavy atom. The second kappa shape index (κ2) is 3.73. The van der Waals surface area contributed by atoms with E-state index in [9.17, 15) is 4.79 Å². The third kappa shape index (κ3) is 3.21. The Kier molecular flexibility index (Phi) is 3.14. The molecule has 0 unspecified atom stereocenters. The van der Waals surface area contributed by atoms with E-state index in [4.69, 9.17) is 4.74 Å². The van der Waals surface area contributed by atoms with E-state index < -0.39 is 0 Å². The molecule has 1 amide bonds. The standard InChI is InChI=1S/C13H25NO2/c1-11(2,3)10(15)14-8-12(4,5)16-13(6,7)9-14/h8-9H2,1-7H3. The summed E-state index contributed by atoms with van der Waals surface area (Å²) in [5, 5.41) is 0. The fourth-order valence-electron chi connectivity index (χ4n) is 2.41. The van der Waals surface area contributed by atoms with E-state index in [1.807, 2.05) is 53.4 Å². The van der Waals surface area contributed by atoms with Crippen molar-refractivity contribution in [1.29, 1.82) is 0 Å². The van der Waals surface area contributed by atoms with Crippen molar-refractivity contribution in [3.8, 4) is 0 Å². The quantitative estimate of drug-likeness (QED) is 0.636. The van der Waals surface area contributed by atoms with Gasteiger partial charge in [-0.15, -0.1) is 0 Å². The van der Waals surface area contributed by atoms with Crippen LogP contribution in [-0.4, -0.2) is 35.1 Å². The van der Waals surface area contributed by atoms with Crippen LogP contribution in [0.5, 0.6) is 0 Å². The average molecular weight is 227 g/mol. The lowest BCUT2D eigenvalue weighted by molar-refractivity contribution is -0.191. The zero-order valence-corrected chi connectivity index (χ0v) is 11.7. The Balaban J connectivity index is 2.87. The number of amides is 1. The van der Waals surface area contributed by atoms with Gasteiger partial charge in [0, 0.05) is 18.5 Å². The van der Waals surface area contributed by atoms with Crippen LogP contribution in [0.1, 0.15) is 48.5 Å². The first-order chi connectivity index (χ1) is 6.93. The highest BCUT2D eigenvalue weighted by molar-refractivity contribution is 5.81. The monoisotopic (exact) mass is 227 g/mol. The van der Waals surface area contributed by atoms with Gasteiger partial charge in [0.1, 0.15) is 0 Å². The molecule has 3 nitrogen and oxygen atoms in total. The molecular formula is C13H25NO2. The van der Waals surface area contributed by atoms with E-state index in [1.165, 1.54) is 0 Å². The molecule has 1 rings (SSSR count). The molecule has 0 radical (unpaired) electrons. The first-order valence-corrected chi connectivity index (χ1v) is 5.93. The Labute approximate surface area is 99.1 Å². The highest BCUT2D eigenvalue weighted by Gasteiger charge is 2.42. The molecule has 1 aliphatic heterocycles. The van der Waals surface area contributed by atoms with Gasteiger partial charge in [-0.05, 0) is 27.7 Å². The van der Waals surface area contributed by atoms with Gasteiger partial charge in [0.15, 0.2) is 0 Å². The third-order valence-corrected chi connectivity index (χ3v) is 2.62. The summed E-state index contributed by atoms with van der Waals surface area (Å²) in [4.78, 5) is 14.2. The minimum Gasteiger partial charge on any atom is -0.366 e. The van der Waals surface area contributed by atoms with Crippen LogP contribution in [0.4, 0.5) is 0 Å². The van der Waals surface area contributed by atoms with E-state index in [-0.39, 0.29) is 22.5 Å². The van der Waals surface area contributed by atoms with Crippen molar-refractivity contribution in [2.75, 3.05) is 13.1 Å². The van der Waals surface area contributed by atoms with E-state index in [0.29, 0.717) is 13.1 Å². The lowest BCUT2D eigenvalue weighted by Gasteiger charge is -2.48.